The van der Waals surface area contributed by atoms with Crippen molar-refractivity contribution in [1.29, 1.82) is 0 Å². The Morgan fingerprint density at radius 1 is 0.708 bits per heavy atom. The fourth-order valence-electron chi connectivity index (χ4n) is 9.64. The van der Waals surface area contributed by atoms with Crippen LogP contribution in [0.15, 0.2) is 189 Å². The highest BCUT2D eigenvalue weighted by Gasteiger charge is 2.26. The number of hydrogen-bond donors (Lipinski definition) is 3. The molecule has 0 bridgehead atoms. The molecule has 65 heavy (non-hydrogen) atoms. The third kappa shape index (κ3) is 7.36. The smallest absolute Gasteiger partial charge is 0.123 e. The van der Waals surface area contributed by atoms with E-state index in [0.717, 1.165) is 49.2 Å². The fraction of sp³-hybridized carbons (Fsp3) is 0.103. The van der Waals surface area contributed by atoms with Gasteiger partial charge in [0.25, 0.3) is 0 Å². The van der Waals surface area contributed by atoms with E-state index in [2.05, 4.69) is 165 Å². The molecule has 5 N–H and O–H groups in total. The van der Waals surface area contributed by atoms with Crippen molar-refractivity contribution in [3.63, 3.8) is 0 Å². The number of nitrogens with one attached hydrogen (secondary N) is 1. The minimum absolute atomic E-state index is 0.0295. The number of fused-ring (bicyclic) bond motifs is 10. The predicted molar refractivity (Wildman–Crippen MR) is 279 cm³/mol. The highest BCUT2D eigenvalue weighted by molar-refractivity contribution is 7.24. The van der Waals surface area contributed by atoms with Crippen LogP contribution in [-0.4, -0.2) is 13.9 Å². The molecule has 0 amide bonds. The second-order valence-corrected chi connectivity index (χ2v) is 17.3. The van der Waals surface area contributed by atoms with E-state index >= 15 is 0 Å². The Morgan fingerprint density at radius 2 is 1.38 bits per heavy atom. The van der Waals surface area contributed by atoms with Crippen LogP contribution in [0.1, 0.15) is 43.6 Å². The van der Waals surface area contributed by atoms with Gasteiger partial charge in [0.2, 0.25) is 0 Å². The summed E-state index contributed by atoms with van der Waals surface area (Å²) in [6.45, 7) is 9.24. The molecule has 4 heterocycles. The van der Waals surface area contributed by atoms with Crippen LogP contribution in [-0.2, 0) is 12.8 Å². The zero-order chi connectivity index (χ0) is 44.6. The molecule has 11 rings (SSSR count). The summed E-state index contributed by atoms with van der Waals surface area (Å²) in [4.78, 5) is 0. The zero-order valence-corrected chi connectivity index (χ0v) is 37.9. The van der Waals surface area contributed by atoms with Gasteiger partial charge < -0.3 is 21.4 Å². The van der Waals surface area contributed by atoms with Gasteiger partial charge in [-0.25, -0.2) is 4.75 Å². The summed E-state index contributed by atoms with van der Waals surface area (Å²) in [6.07, 6.45) is 20.0. The second kappa shape index (κ2) is 17.5. The van der Waals surface area contributed by atoms with Crippen molar-refractivity contribution in [2.24, 2.45) is 11.5 Å². The predicted octanol–water partition coefficient (Wildman–Crippen LogP) is 14.7. The van der Waals surface area contributed by atoms with E-state index in [4.69, 9.17) is 11.5 Å². The lowest BCUT2D eigenvalue weighted by atomic mass is 9.83. The molecular weight excluding hydrogens is 812 g/mol. The third-order valence-electron chi connectivity index (χ3n) is 12.7. The third-order valence-corrected chi connectivity index (χ3v) is 13.3. The Kier molecular flexibility index (Phi) is 11.1. The molecule has 0 saturated carbocycles. The quantitative estimate of drug-likeness (QED) is 0.110. The van der Waals surface area contributed by atoms with E-state index in [9.17, 15) is 0 Å². The summed E-state index contributed by atoms with van der Waals surface area (Å²) in [5.74, 6) is 2.75. The van der Waals surface area contributed by atoms with E-state index in [1.165, 1.54) is 82.6 Å². The van der Waals surface area contributed by atoms with Crippen molar-refractivity contribution in [2.75, 3.05) is 0 Å². The second-order valence-electron chi connectivity index (χ2n) is 16.6. The van der Waals surface area contributed by atoms with E-state index < -0.39 is 0 Å². The molecule has 2 aliphatic rings. The Bertz CT molecular complexity index is 3450. The average Bonchev–Trinajstić information content (AvgIpc) is 3.87. The summed E-state index contributed by atoms with van der Waals surface area (Å²) < 4.78 is 9.39. The van der Waals surface area contributed by atoms with Crippen LogP contribution in [0.25, 0.3) is 99.8 Å². The van der Waals surface area contributed by atoms with E-state index in [1.807, 2.05) is 57.1 Å². The largest absolute Gasteiger partial charge is 0.399 e. The summed E-state index contributed by atoms with van der Waals surface area (Å²) in [5.41, 5.74) is 31.8. The maximum absolute atomic E-state index is 7.05. The first-order valence-electron chi connectivity index (χ1n) is 22.3. The van der Waals surface area contributed by atoms with Gasteiger partial charge in [0, 0.05) is 41.2 Å². The van der Waals surface area contributed by atoms with Crippen LogP contribution >= 0.6 is 8.35 Å². The number of nitrogens with two attached hydrogens (primary N) is 2. The van der Waals surface area contributed by atoms with Gasteiger partial charge in [-0.3, -0.25) is 4.57 Å². The van der Waals surface area contributed by atoms with Crippen molar-refractivity contribution >= 4 is 63.5 Å². The fourth-order valence-corrected chi connectivity index (χ4v) is 10.2. The minimum Gasteiger partial charge on any atom is -0.399 e. The number of rotatable bonds is 7. The van der Waals surface area contributed by atoms with Crippen molar-refractivity contribution in [3.8, 4) is 44.6 Å². The first kappa shape index (κ1) is 41.4. The molecule has 7 heteroatoms. The lowest BCUT2D eigenvalue weighted by molar-refractivity contribution is 0.578. The highest BCUT2D eigenvalue weighted by Crippen LogP contribution is 2.46. The van der Waals surface area contributed by atoms with Crippen molar-refractivity contribution in [1.82, 2.24) is 19.2 Å². The average molecular weight is 863 g/mol. The van der Waals surface area contributed by atoms with Gasteiger partial charge in [0.15, 0.2) is 0 Å². The molecule has 0 saturated heterocycles. The molecule has 3 aromatic heterocycles. The Balaban J connectivity index is 0.00000162. The van der Waals surface area contributed by atoms with Gasteiger partial charge in [-0.05, 0) is 156 Å². The van der Waals surface area contributed by atoms with E-state index in [-0.39, 0.29) is 6.17 Å². The maximum Gasteiger partial charge on any atom is 0.123 e. The zero-order valence-electron chi connectivity index (χ0n) is 37.0. The number of benzene rings is 6. The molecule has 0 spiro atoms. The van der Waals surface area contributed by atoms with E-state index in [0.29, 0.717) is 5.82 Å². The summed E-state index contributed by atoms with van der Waals surface area (Å²) in [7, 11) is 0.973. The Morgan fingerprint density at radius 3 is 2.06 bits per heavy atom. The van der Waals surface area contributed by atoms with Gasteiger partial charge in [-0.2, -0.15) is 0 Å². The topological polar surface area (TPSA) is 86.8 Å². The summed E-state index contributed by atoms with van der Waals surface area (Å²) in [6, 6.07) is 44.7. The van der Waals surface area contributed by atoms with Crippen molar-refractivity contribution in [3.05, 3.63) is 205 Å². The molecule has 9 aromatic rings. The van der Waals surface area contributed by atoms with Crippen LogP contribution in [0.3, 0.4) is 0 Å². The molecule has 1 aliphatic carbocycles. The summed E-state index contributed by atoms with van der Waals surface area (Å²) in [5, 5.41) is 8.53. The SMILES string of the molecule is C/C=C\C=C(/N)n1c2ccc(-c3ccc(-c4cccpn4)cc3)cc2c2ccc3c(c21)CCc1cc2c4cc(-c5ccc(/C(N)=C/C)cc5)ccc4n(C4C=CC=CN4)c2cc1-3.C=CC. The van der Waals surface area contributed by atoms with Crippen LogP contribution < -0.4 is 16.8 Å². The van der Waals surface area contributed by atoms with Crippen LogP contribution in [0, 0.1) is 0 Å². The molecule has 1 atom stereocenters. The lowest BCUT2D eigenvalue weighted by Gasteiger charge is -2.24. The number of allylic oxidation sites excluding steroid dienone is 7. The molecule has 1 unspecified atom stereocenters. The Labute approximate surface area is 382 Å². The standard InChI is InChI=1S/C55H45N6P.C3H6/c1-3-5-10-53(57)61-51-27-22-38(35-14-18-37(19-15-35)49-9-8-29-62-59-49)30-45(51)43-25-24-41-42(55(43)61)23-20-40-32-47-46-31-39(34-12-16-36(17-13-34)48(56)4-2)21-26-50(46)60(52(47)33-44(40)41)54-11-6-7-28-58-54;1-3-2/h3-19,21-22,24-33,54,58H,20,23,56-57H2,1-2H3;3H,1H2,2H3/b5-3-,48-4-,53-10+;. The first-order valence-corrected chi connectivity index (χ1v) is 23.2. The number of dihydropyridines is 1. The Hall–Kier alpha value is -7.66. The van der Waals surface area contributed by atoms with Crippen LogP contribution in [0.5, 0.6) is 0 Å². The van der Waals surface area contributed by atoms with Gasteiger partial charge in [-0.1, -0.05) is 109 Å². The van der Waals surface area contributed by atoms with Crippen molar-refractivity contribution < 1.29 is 0 Å². The van der Waals surface area contributed by atoms with Crippen LogP contribution in [0.2, 0.25) is 0 Å². The highest BCUT2D eigenvalue weighted by atomic mass is 31.0. The normalized spacial score (nSPS) is 14.8. The van der Waals surface area contributed by atoms with Crippen LogP contribution in [0.4, 0.5) is 0 Å². The molecule has 0 fully saturated rings. The van der Waals surface area contributed by atoms with Gasteiger partial charge in [0.1, 0.15) is 12.0 Å². The molecular formula is C58H51N6P. The number of aryl methyl sites for hydroxylation is 2. The summed E-state index contributed by atoms with van der Waals surface area (Å²) >= 11 is 0. The number of aromatic nitrogens is 3. The number of nitrogens with zero attached hydrogens (tertiary/aromatic N) is 3. The van der Waals surface area contributed by atoms with E-state index in [1.54, 1.807) is 6.08 Å². The molecule has 1 aliphatic heterocycles. The molecule has 6 aromatic carbocycles. The van der Waals surface area contributed by atoms with Crippen molar-refractivity contribution in [2.45, 2.75) is 39.8 Å². The minimum atomic E-state index is -0.0295. The first-order chi connectivity index (χ1) is 31.9. The molecule has 0 radical (unpaired) electrons. The van der Waals surface area contributed by atoms with Gasteiger partial charge in [-0.15, -0.1) is 6.58 Å². The lowest BCUT2D eigenvalue weighted by Crippen LogP contribution is -2.21. The van der Waals surface area contributed by atoms with Gasteiger partial charge >= 0.3 is 0 Å². The molecule has 318 valence electrons. The number of hydrogen-bond acceptors (Lipinski definition) is 4. The molecule has 6 nitrogen and oxygen atoms in total. The van der Waals surface area contributed by atoms with Gasteiger partial charge in [0.05, 0.1) is 27.8 Å². The maximum atomic E-state index is 7.05. The monoisotopic (exact) mass is 862 g/mol.